The van der Waals surface area contributed by atoms with Crippen LogP contribution in [0.1, 0.15) is 52.0 Å². The lowest BCUT2D eigenvalue weighted by molar-refractivity contribution is -0.138. The van der Waals surface area contributed by atoms with Gasteiger partial charge in [0.05, 0.1) is 21.6 Å². The molecule has 4 aliphatic rings. The number of carbonyl (C=O) groups excluding carboxylic acids is 4. The number of benzene rings is 4. The first kappa shape index (κ1) is 41.4. The van der Waals surface area contributed by atoms with Gasteiger partial charge in [0.2, 0.25) is 11.8 Å². The van der Waals surface area contributed by atoms with Crippen LogP contribution in [0.3, 0.4) is 0 Å². The molecule has 322 valence electrons. The Morgan fingerprint density at radius 1 is 0.758 bits per heavy atom. The highest BCUT2D eigenvalue weighted by Gasteiger charge is 2.45. The molecule has 0 bridgehead atoms. The van der Waals surface area contributed by atoms with Gasteiger partial charge in [-0.2, -0.15) is 13.2 Å². The number of thiophene rings is 1. The molecule has 5 aromatic rings. The molecule has 62 heavy (non-hydrogen) atoms. The summed E-state index contributed by atoms with van der Waals surface area (Å²) in [7, 11) is 0. The SMILES string of the molecule is O=C1CCC(N2C(=O)c3ccc(N4CCN(CC5CCN(CCOc6ccc(Oc7c(-c8ccc(C(F)(F)F)cc8)sc8cc(O)ccc78)cc6)CC5)CC4)cc3C2=O)C(=O)N1. The molecule has 0 spiro atoms. The third kappa shape index (κ3) is 8.59. The van der Waals surface area contributed by atoms with E-state index < -0.39 is 41.4 Å². The lowest BCUT2D eigenvalue weighted by Crippen LogP contribution is -2.54. The smallest absolute Gasteiger partial charge is 0.416 e. The Hall–Kier alpha value is -5.97. The first-order valence-corrected chi connectivity index (χ1v) is 21.6. The zero-order chi connectivity index (χ0) is 43.1. The zero-order valence-electron chi connectivity index (χ0n) is 33.7. The summed E-state index contributed by atoms with van der Waals surface area (Å²) in [5.74, 6) is 0.407. The van der Waals surface area contributed by atoms with E-state index in [0.29, 0.717) is 45.8 Å². The van der Waals surface area contributed by atoms with Gasteiger partial charge in [-0.25, -0.2) is 0 Å². The number of halogens is 3. The van der Waals surface area contributed by atoms with E-state index in [1.807, 2.05) is 18.2 Å². The standard InChI is InChI=1S/C46H44F3N5O7S/c47-46(48,49)30-3-1-29(2-4-30)42-41(36-12-6-32(55)26-39(36)62-42)61-34-9-7-33(8-10-34)60-24-23-51-17-15-28(16-18-51)27-52-19-21-53(22-20-52)31-5-11-35-37(25-31)45(59)54(44(35)58)38-13-14-40(56)50-43(38)57/h1-12,25-26,28,38,55H,13-24,27H2,(H,50,56,57). The Balaban J connectivity index is 0.719. The van der Waals surface area contributed by atoms with E-state index in [1.165, 1.54) is 23.5 Å². The van der Waals surface area contributed by atoms with Crippen molar-refractivity contribution >= 4 is 50.7 Å². The summed E-state index contributed by atoms with van der Waals surface area (Å²) in [6.07, 6.45) is -2.03. The Labute approximate surface area is 359 Å². The predicted molar refractivity (Wildman–Crippen MR) is 227 cm³/mol. The molecule has 9 rings (SSSR count). The number of piperidine rings is 2. The lowest BCUT2D eigenvalue weighted by Gasteiger charge is -2.39. The molecule has 16 heteroatoms. The Bertz CT molecular complexity index is 2510. The summed E-state index contributed by atoms with van der Waals surface area (Å²) in [5, 5.41) is 13.0. The number of ether oxygens (including phenoxy) is 2. The second kappa shape index (κ2) is 17.1. The molecule has 4 aromatic carbocycles. The minimum atomic E-state index is -4.44. The largest absolute Gasteiger partial charge is 0.508 e. The monoisotopic (exact) mass is 867 g/mol. The average Bonchev–Trinajstić information content (AvgIpc) is 3.74. The molecular weight excluding hydrogens is 824 g/mol. The van der Waals surface area contributed by atoms with Crippen LogP contribution in [0.5, 0.6) is 23.0 Å². The summed E-state index contributed by atoms with van der Waals surface area (Å²) in [5.41, 5.74) is 1.30. The van der Waals surface area contributed by atoms with E-state index in [1.54, 1.807) is 42.5 Å². The van der Waals surface area contributed by atoms with Crippen LogP contribution < -0.4 is 19.7 Å². The van der Waals surface area contributed by atoms with Crippen LogP contribution in [0, 0.1) is 5.92 Å². The molecule has 4 amide bonds. The summed E-state index contributed by atoms with van der Waals surface area (Å²) < 4.78 is 52.9. The number of nitrogens with one attached hydrogen (secondary N) is 1. The number of fused-ring (bicyclic) bond motifs is 2. The predicted octanol–water partition coefficient (Wildman–Crippen LogP) is 7.40. The maximum Gasteiger partial charge on any atom is 0.416 e. The van der Waals surface area contributed by atoms with Gasteiger partial charge >= 0.3 is 6.18 Å². The van der Waals surface area contributed by atoms with E-state index in [0.717, 1.165) is 98.0 Å². The number of phenolic OH excluding ortho intramolecular Hbond substituents is 1. The zero-order valence-corrected chi connectivity index (χ0v) is 34.5. The van der Waals surface area contributed by atoms with Crippen LogP contribution in [0.15, 0.2) is 84.9 Å². The maximum absolute atomic E-state index is 13.3. The van der Waals surface area contributed by atoms with Gasteiger partial charge < -0.3 is 19.5 Å². The fourth-order valence-electron chi connectivity index (χ4n) is 8.78. The van der Waals surface area contributed by atoms with Gasteiger partial charge in [-0.15, -0.1) is 11.3 Å². The van der Waals surface area contributed by atoms with Crippen molar-refractivity contribution in [2.24, 2.45) is 5.92 Å². The Kier molecular flexibility index (Phi) is 11.4. The van der Waals surface area contributed by atoms with Crippen molar-refractivity contribution in [3.8, 4) is 33.4 Å². The highest BCUT2D eigenvalue weighted by atomic mass is 32.1. The molecule has 1 atom stereocenters. The molecular formula is C46H44F3N5O7S. The molecule has 2 N–H and O–H groups in total. The van der Waals surface area contributed by atoms with Crippen molar-refractivity contribution in [3.05, 3.63) is 102 Å². The van der Waals surface area contributed by atoms with Crippen LogP contribution in [-0.2, 0) is 15.8 Å². The number of phenols is 1. The van der Waals surface area contributed by atoms with E-state index in [-0.39, 0.29) is 24.2 Å². The van der Waals surface area contributed by atoms with Gasteiger partial charge in [-0.1, -0.05) is 12.1 Å². The Morgan fingerprint density at radius 2 is 1.47 bits per heavy atom. The molecule has 12 nitrogen and oxygen atoms in total. The Morgan fingerprint density at radius 3 is 2.18 bits per heavy atom. The summed E-state index contributed by atoms with van der Waals surface area (Å²) in [6, 6.07) is 21.5. The van der Waals surface area contributed by atoms with Crippen LogP contribution in [0.4, 0.5) is 18.9 Å². The van der Waals surface area contributed by atoms with Gasteiger partial charge in [-0.05, 0) is 117 Å². The fourth-order valence-corrected chi connectivity index (χ4v) is 9.95. The van der Waals surface area contributed by atoms with E-state index >= 15 is 0 Å². The number of alkyl halides is 3. The van der Waals surface area contributed by atoms with Crippen molar-refractivity contribution < 1.29 is 46.9 Å². The number of aromatic hydroxyl groups is 1. The van der Waals surface area contributed by atoms with Gasteiger partial charge in [-0.3, -0.25) is 39.2 Å². The van der Waals surface area contributed by atoms with Crippen LogP contribution in [0.2, 0.25) is 0 Å². The minimum Gasteiger partial charge on any atom is -0.508 e. The molecule has 3 saturated heterocycles. The molecule has 5 heterocycles. The van der Waals surface area contributed by atoms with Gasteiger partial charge in [0.25, 0.3) is 11.8 Å². The van der Waals surface area contributed by atoms with Gasteiger partial charge in [0.1, 0.15) is 29.9 Å². The number of likely N-dealkylation sites (tertiary alicyclic amines) is 1. The van der Waals surface area contributed by atoms with Gasteiger partial charge in [0.15, 0.2) is 5.75 Å². The van der Waals surface area contributed by atoms with Crippen molar-refractivity contribution in [2.75, 3.05) is 63.9 Å². The number of anilines is 1. The normalized spacial score (nSPS) is 19.3. The quantitative estimate of drug-likeness (QED) is 0.130. The van der Waals surface area contributed by atoms with E-state index in [9.17, 15) is 37.5 Å². The molecule has 1 aromatic heterocycles. The topological polar surface area (TPSA) is 132 Å². The van der Waals surface area contributed by atoms with E-state index in [4.69, 9.17) is 9.47 Å². The van der Waals surface area contributed by atoms with E-state index in [2.05, 4.69) is 20.0 Å². The molecule has 0 saturated carbocycles. The van der Waals surface area contributed by atoms with Crippen molar-refractivity contribution in [2.45, 2.75) is 37.9 Å². The number of rotatable bonds is 11. The third-order valence-corrected chi connectivity index (χ3v) is 13.4. The van der Waals surface area contributed by atoms with Crippen molar-refractivity contribution in [1.82, 2.24) is 20.0 Å². The number of imide groups is 2. The van der Waals surface area contributed by atoms with Crippen LogP contribution in [-0.4, -0.2) is 108 Å². The van der Waals surface area contributed by atoms with Crippen LogP contribution in [0.25, 0.3) is 20.5 Å². The first-order chi connectivity index (χ1) is 29.9. The first-order valence-electron chi connectivity index (χ1n) is 20.8. The number of piperazine rings is 1. The van der Waals surface area contributed by atoms with Gasteiger partial charge in [0, 0.05) is 61.5 Å². The number of carbonyl (C=O) groups is 4. The molecule has 0 aliphatic carbocycles. The number of hydrogen-bond acceptors (Lipinski definition) is 11. The third-order valence-electron chi connectivity index (χ3n) is 12.2. The summed E-state index contributed by atoms with van der Waals surface area (Å²) >= 11 is 1.33. The molecule has 3 fully saturated rings. The maximum atomic E-state index is 13.3. The second-order valence-corrected chi connectivity index (χ2v) is 17.2. The number of amides is 4. The minimum absolute atomic E-state index is 0.0823. The summed E-state index contributed by atoms with van der Waals surface area (Å²) in [6.45, 7) is 7.70. The number of nitrogens with zero attached hydrogens (tertiary/aromatic N) is 4. The second-order valence-electron chi connectivity index (χ2n) is 16.2. The lowest BCUT2D eigenvalue weighted by atomic mass is 9.96. The van der Waals surface area contributed by atoms with Crippen molar-refractivity contribution in [1.29, 1.82) is 0 Å². The molecule has 1 unspecified atom stereocenters. The molecule has 0 radical (unpaired) electrons. The number of hydrogen-bond donors (Lipinski definition) is 2. The fraction of sp³-hybridized carbons (Fsp3) is 0.348. The highest BCUT2D eigenvalue weighted by molar-refractivity contribution is 7.22. The average molecular weight is 868 g/mol. The molecule has 4 aliphatic heterocycles. The van der Waals surface area contributed by atoms with Crippen molar-refractivity contribution in [3.63, 3.8) is 0 Å². The highest BCUT2D eigenvalue weighted by Crippen LogP contribution is 2.47. The summed E-state index contributed by atoms with van der Waals surface area (Å²) in [4.78, 5) is 59.3. The van der Waals surface area contributed by atoms with Crippen LogP contribution >= 0.6 is 11.3 Å².